The first-order valence-electron chi connectivity index (χ1n) is 3.56. The summed E-state index contributed by atoms with van der Waals surface area (Å²) in [5.74, 6) is -3.12. The Morgan fingerprint density at radius 3 is 1.62 bits per heavy atom. The third-order valence-corrected chi connectivity index (χ3v) is 3.06. The van der Waals surface area contributed by atoms with Gasteiger partial charge in [0, 0.05) is 0 Å². The van der Waals surface area contributed by atoms with Gasteiger partial charge >= 0.3 is 0 Å². The standard InChI is InChI=1S/C6H12Br2O5/c1-2-3-4(7,9)5(10,11)6(8,12)13/h9-13H,2-3H2,1H3. The van der Waals surface area contributed by atoms with Crippen LogP contribution in [-0.4, -0.2) is 40.5 Å². The molecule has 0 spiro atoms. The summed E-state index contributed by atoms with van der Waals surface area (Å²) in [4.78, 5) is 0. The molecule has 1 unspecified atom stereocenters. The second-order valence-electron chi connectivity index (χ2n) is 2.77. The molecule has 7 heteroatoms. The minimum atomic E-state index is -3.12. The van der Waals surface area contributed by atoms with Crippen molar-refractivity contribution in [1.82, 2.24) is 0 Å². The fourth-order valence-electron chi connectivity index (χ4n) is 0.749. The van der Waals surface area contributed by atoms with Crippen LogP contribution in [0.5, 0.6) is 0 Å². The molecular weight excluding hydrogens is 312 g/mol. The lowest BCUT2D eigenvalue weighted by Gasteiger charge is -2.39. The Balaban J connectivity index is 4.81. The van der Waals surface area contributed by atoms with Crippen LogP contribution in [-0.2, 0) is 0 Å². The summed E-state index contributed by atoms with van der Waals surface area (Å²) in [5.41, 5.74) is 0. The maximum atomic E-state index is 9.44. The highest BCUT2D eigenvalue weighted by molar-refractivity contribution is 9.10. The van der Waals surface area contributed by atoms with E-state index in [0.29, 0.717) is 6.42 Å². The van der Waals surface area contributed by atoms with E-state index in [-0.39, 0.29) is 6.42 Å². The number of hydrogen-bond donors (Lipinski definition) is 5. The molecule has 0 heterocycles. The Hall–Kier alpha value is 0.760. The van der Waals surface area contributed by atoms with Gasteiger partial charge in [-0.15, -0.1) is 0 Å². The van der Waals surface area contributed by atoms with Crippen LogP contribution < -0.4 is 0 Å². The van der Waals surface area contributed by atoms with Crippen molar-refractivity contribution >= 4 is 31.9 Å². The molecule has 1 atom stereocenters. The van der Waals surface area contributed by atoms with Gasteiger partial charge in [-0.1, -0.05) is 13.3 Å². The Labute approximate surface area is 92.3 Å². The van der Waals surface area contributed by atoms with Gasteiger partial charge in [-0.3, -0.25) is 0 Å². The highest BCUT2D eigenvalue weighted by Crippen LogP contribution is 2.40. The molecule has 5 N–H and O–H groups in total. The van der Waals surface area contributed by atoms with E-state index in [9.17, 15) is 15.3 Å². The maximum Gasteiger partial charge on any atom is 0.281 e. The average molecular weight is 324 g/mol. The summed E-state index contributed by atoms with van der Waals surface area (Å²) >= 11 is 4.83. The van der Waals surface area contributed by atoms with Gasteiger partial charge in [0.25, 0.3) is 10.5 Å². The van der Waals surface area contributed by atoms with E-state index in [4.69, 9.17) is 10.2 Å². The van der Waals surface area contributed by atoms with Crippen molar-refractivity contribution in [2.45, 2.75) is 34.8 Å². The van der Waals surface area contributed by atoms with E-state index < -0.39 is 15.0 Å². The molecule has 0 saturated heterocycles. The summed E-state index contributed by atoms with van der Waals surface area (Å²) in [6.07, 6.45) is 0.363. The molecule has 0 amide bonds. The van der Waals surface area contributed by atoms with Crippen molar-refractivity contribution < 1.29 is 25.5 Å². The second-order valence-corrected chi connectivity index (χ2v) is 5.19. The Morgan fingerprint density at radius 2 is 1.38 bits per heavy atom. The van der Waals surface area contributed by atoms with Crippen molar-refractivity contribution in [2.75, 3.05) is 0 Å². The van der Waals surface area contributed by atoms with Crippen molar-refractivity contribution in [3.05, 3.63) is 0 Å². The predicted molar refractivity (Wildman–Crippen MR) is 52.0 cm³/mol. The van der Waals surface area contributed by atoms with Crippen LogP contribution in [0.2, 0.25) is 0 Å². The zero-order chi connectivity index (χ0) is 10.9. The molecule has 0 bridgehead atoms. The normalized spacial score (nSPS) is 18.5. The maximum absolute atomic E-state index is 9.44. The Kier molecular flexibility index (Phi) is 4.33. The van der Waals surface area contributed by atoms with E-state index in [1.165, 1.54) is 0 Å². The van der Waals surface area contributed by atoms with Gasteiger partial charge in [0.15, 0.2) is 4.51 Å². The minimum absolute atomic E-state index is 0.0610. The van der Waals surface area contributed by atoms with Crippen molar-refractivity contribution in [2.24, 2.45) is 0 Å². The monoisotopic (exact) mass is 322 g/mol. The molecule has 0 radical (unpaired) electrons. The topological polar surface area (TPSA) is 101 Å². The van der Waals surface area contributed by atoms with Crippen LogP contribution in [0.4, 0.5) is 0 Å². The Bertz CT molecular complexity index is 174. The first-order valence-corrected chi connectivity index (χ1v) is 5.14. The smallest absolute Gasteiger partial charge is 0.281 e. The van der Waals surface area contributed by atoms with Gasteiger partial charge in [-0.05, 0) is 38.3 Å². The highest BCUT2D eigenvalue weighted by Gasteiger charge is 2.59. The zero-order valence-corrected chi connectivity index (χ0v) is 10.1. The summed E-state index contributed by atoms with van der Waals surface area (Å²) in [6, 6.07) is 0. The predicted octanol–water partition coefficient (Wildman–Crippen LogP) is -0.416. The largest absolute Gasteiger partial charge is 0.373 e. The van der Waals surface area contributed by atoms with Gasteiger partial charge in [-0.25, -0.2) is 0 Å². The minimum Gasteiger partial charge on any atom is -0.373 e. The lowest BCUT2D eigenvalue weighted by molar-refractivity contribution is -0.348. The first-order chi connectivity index (χ1) is 5.56. The van der Waals surface area contributed by atoms with Crippen molar-refractivity contribution in [3.63, 3.8) is 0 Å². The average Bonchev–Trinajstić information content (AvgIpc) is 1.84. The number of halogens is 2. The van der Waals surface area contributed by atoms with Crippen molar-refractivity contribution in [3.8, 4) is 0 Å². The van der Waals surface area contributed by atoms with Gasteiger partial charge < -0.3 is 25.5 Å². The SMILES string of the molecule is CCCC(O)(Br)C(O)(O)C(O)(O)Br. The van der Waals surface area contributed by atoms with E-state index in [0.717, 1.165) is 0 Å². The first kappa shape index (κ1) is 13.8. The van der Waals surface area contributed by atoms with Crippen molar-refractivity contribution in [1.29, 1.82) is 0 Å². The molecule has 5 nitrogen and oxygen atoms in total. The summed E-state index contributed by atoms with van der Waals surface area (Å²) in [6.45, 7) is 1.69. The fourth-order valence-corrected chi connectivity index (χ4v) is 2.02. The number of rotatable bonds is 4. The molecule has 0 aliphatic rings. The van der Waals surface area contributed by atoms with Crippen LogP contribution in [0, 0.1) is 0 Å². The molecule has 80 valence electrons. The molecule has 0 saturated carbocycles. The molecule has 13 heavy (non-hydrogen) atoms. The van der Waals surface area contributed by atoms with Gasteiger partial charge in [-0.2, -0.15) is 0 Å². The summed E-state index contributed by atoms with van der Waals surface area (Å²) in [7, 11) is 0. The second kappa shape index (κ2) is 4.09. The third-order valence-electron chi connectivity index (χ3n) is 1.56. The summed E-state index contributed by atoms with van der Waals surface area (Å²) in [5, 5.41) is 45.7. The molecule has 0 aliphatic heterocycles. The van der Waals surface area contributed by atoms with Crippen LogP contribution in [0.3, 0.4) is 0 Å². The van der Waals surface area contributed by atoms with Crippen LogP contribution in [0.25, 0.3) is 0 Å². The van der Waals surface area contributed by atoms with E-state index in [2.05, 4.69) is 31.9 Å². The van der Waals surface area contributed by atoms with Gasteiger partial charge in [0.05, 0.1) is 0 Å². The highest BCUT2D eigenvalue weighted by atomic mass is 79.9. The number of alkyl halides is 2. The molecule has 0 aliphatic carbocycles. The van der Waals surface area contributed by atoms with Crippen LogP contribution in [0.15, 0.2) is 0 Å². The van der Waals surface area contributed by atoms with Crippen LogP contribution >= 0.6 is 31.9 Å². The van der Waals surface area contributed by atoms with Gasteiger partial charge in [0.2, 0.25) is 0 Å². The molecule has 0 rings (SSSR count). The molecule has 0 aromatic heterocycles. The number of aliphatic hydroxyl groups is 5. The molecular formula is C6H12Br2O5. The Morgan fingerprint density at radius 1 is 1.00 bits per heavy atom. The quantitative estimate of drug-likeness (QED) is 0.357. The molecule has 0 fully saturated rings. The lowest BCUT2D eigenvalue weighted by atomic mass is 10.0. The fraction of sp³-hybridized carbons (Fsp3) is 1.00. The van der Waals surface area contributed by atoms with E-state index in [1.54, 1.807) is 6.92 Å². The molecule has 0 aromatic rings. The zero-order valence-electron chi connectivity index (χ0n) is 6.91. The molecule has 0 aromatic carbocycles. The van der Waals surface area contributed by atoms with Crippen LogP contribution in [0.1, 0.15) is 19.8 Å². The lowest BCUT2D eigenvalue weighted by Crippen LogP contribution is -2.62. The third kappa shape index (κ3) is 2.85. The van der Waals surface area contributed by atoms with Gasteiger partial charge in [0.1, 0.15) is 0 Å². The van der Waals surface area contributed by atoms with E-state index in [1.807, 2.05) is 0 Å². The van der Waals surface area contributed by atoms with E-state index >= 15 is 0 Å². The number of hydrogen-bond acceptors (Lipinski definition) is 5. The summed E-state index contributed by atoms with van der Waals surface area (Å²) < 4.78 is -5.19.